The maximum absolute atomic E-state index is 13.7. The fourth-order valence-electron chi connectivity index (χ4n) is 5.92. The highest BCUT2D eigenvalue weighted by atomic mass is 16.7. The summed E-state index contributed by atoms with van der Waals surface area (Å²) in [5.74, 6) is -4.06. The zero-order valence-corrected chi connectivity index (χ0v) is 22.4. The van der Waals surface area contributed by atoms with Crippen LogP contribution in [0.15, 0.2) is 18.2 Å². The molecule has 6 N–H and O–H groups in total. The summed E-state index contributed by atoms with van der Waals surface area (Å²) >= 11 is 0. The van der Waals surface area contributed by atoms with Gasteiger partial charge in [0, 0.05) is 36.6 Å². The number of hydrogen-bond donors (Lipinski definition) is 6. The summed E-state index contributed by atoms with van der Waals surface area (Å²) in [5.41, 5.74) is -4.04. The predicted octanol–water partition coefficient (Wildman–Crippen LogP) is -0.340. The first-order chi connectivity index (χ1) is 19.4. The van der Waals surface area contributed by atoms with E-state index in [2.05, 4.69) is 0 Å². The molecule has 0 amide bonds. The number of aliphatic hydroxyl groups excluding tert-OH is 3. The Hall–Kier alpha value is -3.43. The molecule has 0 aromatic heterocycles. The van der Waals surface area contributed by atoms with E-state index in [1.165, 1.54) is 39.3 Å². The molecule has 7 atom stereocenters. The van der Waals surface area contributed by atoms with Crippen molar-refractivity contribution in [2.24, 2.45) is 0 Å². The van der Waals surface area contributed by atoms with Crippen molar-refractivity contribution in [2.45, 2.75) is 62.2 Å². The third kappa shape index (κ3) is 4.32. The van der Waals surface area contributed by atoms with Crippen molar-refractivity contribution in [1.29, 1.82) is 0 Å². The van der Waals surface area contributed by atoms with Crippen LogP contribution in [0.4, 0.5) is 0 Å². The van der Waals surface area contributed by atoms with Crippen LogP contribution in [0.1, 0.15) is 62.4 Å². The van der Waals surface area contributed by atoms with Gasteiger partial charge in [-0.1, -0.05) is 12.1 Å². The first kappa shape index (κ1) is 29.1. The van der Waals surface area contributed by atoms with Crippen molar-refractivity contribution in [3.8, 4) is 17.2 Å². The molecule has 0 spiro atoms. The summed E-state index contributed by atoms with van der Waals surface area (Å²) in [6.45, 7) is 0.398. The normalized spacial score (nSPS) is 30.8. The van der Waals surface area contributed by atoms with Crippen molar-refractivity contribution in [1.82, 2.24) is 0 Å². The van der Waals surface area contributed by atoms with E-state index in [4.69, 9.17) is 18.9 Å². The third-order valence-electron chi connectivity index (χ3n) is 8.09. The fraction of sp³-hybridized carbons (Fsp3) is 0.464. The van der Waals surface area contributed by atoms with E-state index in [0.29, 0.717) is 0 Å². The molecule has 41 heavy (non-hydrogen) atoms. The Kier molecular flexibility index (Phi) is 7.40. The molecule has 3 aliphatic rings. The van der Waals surface area contributed by atoms with E-state index in [-0.39, 0.29) is 28.0 Å². The van der Waals surface area contributed by atoms with E-state index in [1.807, 2.05) is 0 Å². The lowest BCUT2D eigenvalue weighted by atomic mass is 9.72. The van der Waals surface area contributed by atoms with Crippen LogP contribution in [0.2, 0.25) is 0 Å². The van der Waals surface area contributed by atoms with Crippen LogP contribution in [0.25, 0.3) is 0 Å². The topological polar surface area (TPSA) is 210 Å². The summed E-state index contributed by atoms with van der Waals surface area (Å²) in [5, 5.41) is 64.6. The Bertz CT molecular complexity index is 1430. The standard InChI is InChI=1S/C28H30O13/c1-10-20(31)25(36)26(39-3)27(40-10)41-14-8-28(37,15(30)9-29)7-12-17(14)24(35)19-18(22(12)33)21(32)11-5-4-6-13(38-2)16(11)23(19)34/h4-6,10,14,20,25-27,29,31,33,35-37H,7-9H2,1-3H3/t10-,14-,20+,25+,26+,27-,28-/m0/s1. The van der Waals surface area contributed by atoms with Crippen LogP contribution in [0.3, 0.4) is 0 Å². The molecule has 1 heterocycles. The number of carbonyl (C=O) groups is 3. The first-order valence-electron chi connectivity index (χ1n) is 12.8. The predicted molar refractivity (Wildman–Crippen MR) is 136 cm³/mol. The van der Waals surface area contributed by atoms with Gasteiger partial charge in [-0.25, -0.2) is 0 Å². The highest BCUT2D eigenvalue weighted by molar-refractivity contribution is 6.31. The molecule has 2 aromatic rings. The molecule has 0 bridgehead atoms. The van der Waals surface area contributed by atoms with Crippen LogP contribution in [-0.2, 0) is 25.4 Å². The van der Waals surface area contributed by atoms with Gasteiger partial charge in [0.15, 0.2) is 17.9 Å². The van der Waals surface area contributed by atoms with Gasteiger partial charge in [0.25, 0.3) is 0 Å². The lowest BCUT2D eigenvalue weighted by Crippen LogP contribution is -2.58. The molecule has 1 saturated heterocycles. The number of methoxy groups -OCH3 is 2. The highest BCUT2D eigenvalue weighted by Crippen LogP contribution is 2.52. The number of fused-ring (bicyclic) bond motifs is 3. The number of benzene rings is 2. The van der Waals surface area contributed by atoms with Gasteiger partial charge in [-0.15, -0.1) is 0 Å². The maximum atomic E-state index is 13.7. The molecule has 13 nitrogen and oxygen atoms in total. The minimum absolute atomic E-state index is 0.0684. The van der Waals surface area contributed by atoms with E-state index >= 15 is 0 Å². The highest BCUT2D eigenvalue weighted by Gasteiger charge is 2.51. The molecular formula is C28H30O13. The summed E-state index contributed by atoms with van der Waals surface area (Å²) in [6, 6.07) is 4.30. The van der Waals surface area contributed by atoms with Crippen LogP contribution < -0.4 is 4.74 Å². The number of aliphatic hydroxyl groups is 4. The van der Waals surface area contributed by atoms with Crippen molar-refractivity contribution < 1.29 is 64.0 Å². The summed E-state index contributed by atoms with van der Waals surface area (Å²) < 4.78 is 22.3. The van der Waals surface area contributed by atoms with Crippen molar-refractivity contribution in [3.63, 3.8) is 0 Å². The molecule has 0 radical (unpaired) electrons. The number of aromatic hydroxyl groups is 2. The Labute approximate surface area is 233 Å². The Balaban J connectivity index is 1.70. The maximum Gasteiger partial charge on any atom is 0.202 e. The van der Waals surface area contributed by atoms with Gasteiger partial charge in [-0.3, -0.25) is 14.4 Å². The largest absolute Gasteiger partial charge is 0.507 e. The molecule has 1 fully saturated rings. The third-order valence-corrected chi connectivity index (χ3v) is 8.09. The Morgan fingerprint density at radius 1 is 1.05 bits per heavy atom. The summed E-state index contributed by atoms with van der Waals surface area (Å²) in [7, 11) is 2.53. The van der Waals surface area contributed by atoms with E-state index in [0.717, 1.165) is 0 Å². The van der Waals surface area contributed by atoms with Crippen LogP contribution in [0, 0.1) is 0 Å². The summed E-state index contributed by atoms with van der Waals surface area (Å²) in [4.78, 5) is 39.9. The van der Waals surface area contributed by atoms with Gasteiger partial charge < -0.3 is 49.6 Å². The van der Waals surface area contributed by atoms with E-state index < -0.39 is 102 Å². The lowest BCUT2D eigenvalue weighted by Gasteiger charge is -2.44. The van der Waals surface area contributed by atoms with Crippen LogP contribution in [-0.4, -0.2) is 105 Å². The summed E-state index contributed by atoms with van der Waals surface area (Å²) in [6.07, 6.45) is -9.13. The number of ether oxygens (including phenoxy) is 4. The molecule has 0 unspecified atom stereocenters. The zero-order valence-electron chi connectivity index (χ0n) is 22.4. The number of carbonyl (C=O) groups excluding carboxylic acids is 3. The monoisotopic (exact) mass is 574 g/mol. The molecule has 0 saturated carbocycles. The second kappa shape index (κ2) is 10.4. The number of rotatable bonds is 6. The number of phenols is 2. The lowest BCUT2D eigenvalue weighted by molar-refractivity contribution is -0.313. The van der Waals surface area contributed by atoms with E-state index in [9.17, 15) is 45.0 Å². The molecular weight excluding hydrogens is 544 g/mol. The van der Waals surface area contributed by atoms with Gasteiger partial charge in [0.1, 0.15) is 47.8 Å². The SMILES string of the molecule is COc1cccc2c1C(=O)c1c(O)c3c(c(O)c1C2=O)C[C@@](O)(C(=O)CO)C[C@@H]3O[C@@H]1O[C@@H](C)[C@@H](O)[C@@H](O)[C@H]1OC. The molecule has 13 heteroatoms. The number of phenolic OH excluding ortho intramolecular Hbond substituents is 2. The smallest absolute Gasteiger partial charge is 0.202 e. The minimum Gasteiger partial charge on any atom is -0.507 e. The molecule has 1 aliphatic heterocycles. The first-order valence-corrected chi connectivity index (χ1v) is 12.8. The van der Waals surface area contributed by atoms with Crippen molar-refractivity contribution >= 4 is 17.3 Å². The number of Topliss-reactive ketones (excluding diaryl/α,β-unsaturated/α-hetero) is 1. The number of hydrogen-bond acceptors (Lipinski definition) is 13. The quantitative estimate of drug-likeness (QED) is 0.208. The minimum atomic E-state index is -2.32. The van der Waals surface area contributed by atoms with Gasteiger partial charge >= 0.3 is 0 Å². The second-order valence-corrected chi connectivity index (χ2v) is 10.4. The van der Waals surface area contributed by atoms with Crippen molar-refractivity contribution in [2.75, 3.05) is 20.8 Å². The van der Waals surface area contributed by atoms with Gasteiger partial charge in [-0.2, -0.15) is 0 Å². The molecule has 2 aliphatic carbocycles. The van der Waals surface area contributed by atoms with Gasteiger partial charge in [-0.05, 0) is 13.0 Å². The number of ketones is 3. The fourth-order valence-corrected chi connectivity index (χ4v) is 5.92. The average molecular weight is 575 g/mol. The van der Waals surface area contributed by atoms with Crippen LogP contribution in [0.5, 0.6) is 17.2 Å². The Morgan fingerprint density at radius 2 is 1.73 bits per heavy atom. The van der Waals surface area contributed by atoms with E-state index in [1.54, 1.807) is 0 Å². The zero-order chi connectivity index (χ0) is 30.0. The molecule has 220 valence electrons. The Morgan fingerprint density at radius 3 is 2.37 bits per heavy atom. The van der Waals surface area contributed by atoms with Gasteiger partial charge in [0.2, 0.25) is 5.78 Å². The molecule has 2 aromatic carbocycles. The van der Waals surface area contributed by atoms with Crippen molar-refractivity contribution in [3.05, 3.63) is 51.6 Å². The van der Waals surface area contributed by atoms with Crippen LogP contribution >= 0.6 is 0 Å². The van der Waals surface area contributed by atoms with Gasteiger partial charge in [0.05, 0.1) is 36.0 Å². The molecule has 5 rings (SSSR count). The second-order valence-electron chi connectivity index (χ2n) is 10.4. The average Bonchev–Trinajstić information content (AvgIpc) is 2.95.